The van der Waals surface area contributed by atoms with Crippen LogP contribution in [0, 0.1) is 0 Å². The summed E-state index contributed by atoms with van der Waals surface area (Å²) in [6, 6.07) is 9.77. The summed E-state index contributed by atoms with van der Waals surface area (Å²) in [5, 5.41) is 0.702. The zero-order chi connectivity index (χ0) is 15.0. The summed E-state index contributed by atoms with van der Waals surface area (Å²) >= 11 is 17.1. The fourth-order valence-corrected chi connectivity index (χ4v) is 4.70. The van der Waals surface area contributed by atoms with E-state index in [1.807, 2.05) is 30.3 Å². The number of ether oxygens (including phenoxy) is 2. The van der Waals surface area contributed by atoms with Gasteiger partial charge in [0.15, 0.2) is 11.5 Å². The van der Waals surface area contributed by atoms with E-state index in [0.717, 1.165) is 31.6 Å². The summed E-state index contributed by atoms with van der Waals surface area (Å²) in [4.78, 5) is -0.0386. The molecule has 0 saturated heterocycles. The van der Waals surface area contributed by atoms with Crippen molar-refractivity contribution in [3.63, 3.8) is 0 Å². The molecule has 0 radical (unpaired) electrons. The van der Waals surface area contributed by atoms with E-state index >= 15 is 0 Å². The van der Waals surface area contributed by atoms with Crippen molar-refractivity contribution in [2.45, 2.75) is 4.83 Å². The van der Waals surface area contributed by atoms with Gasteiger partial charge in [0.2, 0.25) is 0 Å². The Labute approximate surface area is 153 Å². The molecule has 0 bridgehead atoms. The van der Waals surface area contributed by atoms with E-state index in [-0.39, 0.29) is 4.83 Å². The van der Waals surface area contributed by atoms with Gasteiger partial charge in [-0.15, -0.1) is 0 Å². The van der Waals surface area contributed by atoms with Crippen LogP contribution in [-0.4, -0.2) is 13.2 Å². The summed E-state index contributed by atoms with van der Waals surface area (Å²) in [6.07, 6.45) is 0. The number of hydrogen-bond donors (Lipinski definition) is 0. The summed E-state index contributed by atoms with van der Waals surface area (Å²) in [6.45, 7) is 1.15. The van der Waals surface area contributed by atoms with Crippen molar-refractivity contribution in [3.05, 3.63) is 55.4 Å². The van der Waals surface area contributed by atoms with Crippen LogP contribution < -0.4 is 9.47 Å². The predicted molar refractivity (Wildman–Crippen MR) is 95.1 cm³/mol. The average Bonchev–Trinajstić information content (AvgIpc) is 2.46. The Kier molecular flexibility index (Phi) is 4.84. The second-order valence-corrected chi connectivity index (χ2v) is 7.64. The largest absolute Gasteiger partial charge is 0.486 e. The van der Waals surface area contributed by atoms with Crippen LogP contribution >= 0.6 is 59.4 Å². The first-order valence-corrected chi connectivity index (χ1v) is 9.12. The highest BCUT2D eigenvalue weighted by Crippen LogP contribution is 2.44. The van der Waals surface area contributed by atoms with Gasteiger partial charge >= 0.3 is 0 Å². The van der Waals surface area contributed by atoms with Gasteiger partial charge in [0.05, 0.1) is 4.83 Å². The molecule has 0 spiro atoms. The maximum absolute atomic E-state index is 6.34. The first kappa shape index (κ1) is 15.7. The van der Waals surface area contributed by atoms with Crippen LogP contribution in [0.15, 0.2) is 39.3 Å². The van der Waals surface area contributed by atoms with Crippen LogP contribution in [0.5, 0.6) is 11.5 Å². The molecule has 0 aromatic heterocycles. The molecule has 2 aromatic carbocycles. The standard InChI is InChI=1S/C15H10Br3ClO2/c16-8-1-2-9(12(19)5-8)15(18)10-6-13-14(7-11(10)17)21-4-3-20-13/h1-2,5-7,15H,3-4H2. The maximum Gasteiger partial charge on any atom is 0.162 e. The van der Waals surface area contributed by atoms with Crippen molar-refractivity contribution < 1.29 is 9.47 Å². The molecule has 3 rings (SSSR count). The SMILES string of the molecule is Clc1cc(Br)ccc1C(Br)c1cc2c(cc1Br)OCCO2. The molecule has 2 aromatic rings. The van der Waals surface area contributed by atoms with E-state index < -0.39 is 0 Å². The molecular formula is C15H10Br3ClO2. The lowest BCUT2D eigenvalue weighted by molar-refractivity contribution is 0.171. The highest BCUT2D eigenvalue weighted by molar-refractivity contribution is 9.11. The fourth-order valence-electron chi connectivity index (χ4n) is 2.15. The first-order chi connectivity index (χ1) is 10.1. The number of rotatable bonds is 2. The third kappa shape index (κ3) is 3.26. The normalized spacial score (nSPS) is 14.9. The molecule has 0 fully saturated rings. The van der Waals surface area contributed by atoms with Gasteiger partial charge in [-0.1, -0.05) is 65.5 Å². The minimum atomic E-state index is -0.0386. The minimum absolute atomic E-state index is 0.0386. The third-order valence-electron chi connectivity index (χ3n) is 3.17. The van der Waals surface area contributed by atoms with Crippen LogP contribution in [0.4, 0.5) is 0 Å². The molecule has 1 unspecified atom stereocenters. The molecule has 1 aliphatic rings. The molecule has 0 N–H and O–H groups in total. The Morgan fingerprint density at radius 2 is 1.62 bits per heavy atom. The van der Waals surface area contributed by atoms with Crippen molar-refractivity contribution in [1.29, 1.82) is 0 Å². The lowest BCUT2D eigenvalue weighted by Gasteiger charge is -2.22. The Bertz CT molecular complexity index is 691. The van der Waals surface area contributed by atoms with Crippen molar-refractivity contribution in [3.8, 4) is 11.5 Å². The lowest BCUT2D eigenvalue weighted by atomic mass is 10.0. The van der Waals surface area contributed by atoms with Crippen LogP contribution in [0.2, 0.25) is 5.02 Å². The van der Waals surface area contributed by atoms with Gasteiger partial charge in [0, 0.05) is 14.0 Å². The smallest absolute Gasteiger partial charge is 0.162 e. The highest BCUT2D eigenvalue weighted by Gasteiger charge is 2.21. The fraction of sp³-hybridized carbons (Fsp3) is 0.200. The predicted octanol–water partition coefficient (Wildman–Crippen LogP) is 6.12. The molecule has 1 heterocycles. The molecule has 0 aliphatic carbocycles. The number of halogens is 4. The van der Waals surface area contributed by atoms with E-state index in [0.29, 0.717) is 18.2 Å². The molecule has 2 nitrogen and oxygen atoms in total. The van der Waals surface area contributed by atoms with E-state index in [9.17, 15) is 0 Å². The van der Waals surface area contributed by atoms with Gasteiger partial charge in [0.1, 0.15) is 13.2 Å². The number of fused-ring (bicyclic) bond motifs is 1. The average molecular weight is 497 g/mol. The molecular weight excluding hydrogens is 487 g/mol. The Balaban J connectivity index is 2.03. The monoisotopic (exact) mass is 494 g/mol. The van der Waals surface area contributed by atoms with Crippen LogP contribution in [-0.2, 0) is 0 Å². The molecule has 0 amide bonds. The summed E-state index contributed by atoms with van der Waals surface area (Å²) in [5.74, 6) is 1.52. The zero-order valence-corrected chi connectivity index (χ0v) is 16.2. The van der Waals surface area contributed by atoms with E-state index in [4.69, 9.17) is 21.1 Å². The second kappa shape index (κ2) is 6.49. The number of alkyl halides is 1. The van der Waals surface area contributed by atoms with Gasteiger partial charge < -0.3 is 9.47 Å². The van der Waals surface area contributed by atoms with Gasteiger partial charge in [0.25, 0.3) is 0 Å². The molecule has 21 heavy (non-hydrogen) atoms. The quantitative estimate of drug-likeness (QED) is 0.466. The lowest BCUT2D eigenvalue weighted by Crippen LogP contribution is -2.15. The van der Waals surface area contributed by atoms with Crippen molar-refractivity contribution >= 4 is 59.4 Å². The zero-order valence-electron chi connectivity index (χ0n) is 10.7. The first-order valence-electron chi connectivity index (χ1n) is 6.24. The highest BCUT2D eigenvalue weighted by atomic mass is 79.9. The van der Waals surface area contributed by atoms with Gasteiger partial charge in [-0.05, 0) is 35.4 Å². The van der Waals surface area contributed by atoms with Crippen molar-refractivity contribution in [2.24, 2.45) is 0 Å². The van der Waals surface area contributed by atoms with Crippen LogP contribution in [0.1, 0.15) is 16.0 Å². The molecule has 1 atom stereocenters. The Hall–Kier alpha value is -0.230. The van der Waals surface area contributed by atoms with E-state index in [1.165, 1.54) is 0 Å². The summed E-state index contributed by atoms with van der Waals surface area (Å²) in [7, 11) is 0. The summed E-state index contributed by atoms with van der Waals surface area (Å²) in [5.41, 5.74) is 2.04. The number of benzene rings is 2. The minimum Gasteiger partial charge on any atom is -0.486 e. The van der Waals surface area contributed by atoms with Gasteiger partial charge in [-0.3, -0.25) is 0 Å². The Morgan fingerprint density at radius 3 is 2.29 bits per heavy atom. The van der Waals surface area contributed by atoms with Crippen molar-refractivity contribution in [2.75, 3.05) is 13.2 Å². The topological polar surface area (TPSA) is 18.5 Å². The van der Waals surface area contributed by atoms with Gasteiger partial charge in [-0.25, -0.2) is 0 Å². The second-order valence-electron chi connectivity index (χ2n) is 4.55. The molecule has 1 aliphatic heterocycles. The molecule has 110 valence electrons. The maximum atomic E-state index is 6.34. The summed E-state index contributed by atoms with van der Waals surface area (Å²) < 4.78 is 13.1. The molecule has 0 saturated carbocycles. The van der Waals surface area contributed by atoms with Crippen LogP contribution in [0.3, 0.4) is 0 Å². The van der Waals surface area contributed by atoms with Gasteiger partial charge in [-0.2, -0.15) is 0 Å². The van der Waals surface area contributed by atoms with E-state index in [1.54, 1.807) is 0 Å². The number of hydrogen-bond acceptors (Lipinski definition) is 2. The van der Waals surface area contributed by atoms with E-state index in [2.05, 4.69) is 47.8 Å². The van der Waals surface area contributed by atoms with Crippen LogP contribution in [0.25, 0.3) is 0 Å². The third-order valence-corrected chi connectivity index (χ3v) is 5.66. The van der Waals surface area contributed by atoms with Crippen molar-refractivity contribution in [1.82, 2.24) is 0 Å². The Morgan fingerprint density at radius 1 is 0.952 bits per heavy atom. The molecule has 6 heteroatoms.